The van der Waals surface area contributed by atoms with Crippen molar-refractivity contribution >= 4 is 23.4 Å². The summed E-state index contributed by atoms with van der Waals surface area (Å²) < 4.78 is 0. The Labute approximate surface area is 92.9 Å². The van der Waals surface area contributed by atoms with Crippen LogP contribution in [0.15, 0.2) is 41.3 Å². The average molecular weight is 267 g/mol. The summed E-state index contributed by atoms with van der Waals surface area (Å²) in [5.41, 5.74) is 0. The minimum atomic E-state index is 0. The summed E-state index contributed by atoms with van der Waals surface area (Å²) in [5, 5.41) is 2.34. The molecular formula is C10H7AgS. The van der Waals surface area contributed by atoms with Gasteiger partial charge in [-0.15, -0.1) is 41.1 Å². The van der Waals surface area contributed by atoms with Crippen LogP contribution in [0.2, 0.25) is 0 Å². The zero-order valence-corrected chi connectivity index (χ0v) is 8.59. The van der Waals surface area contributed by atoms with Gasteiger partial charge in [-0.2, -0.15) is 12.6 Å². The average Bonchev–Trinajstić information content (AvgIpc) is 2.04. The summed E-state index contributed by atoms with van der Waals surface area (Å²) in [6, 6.07) is 15.3. The van der Waals surface area contributed by atoms with Crippen molar-refractivity contribution in [3.8, 4) is 0 Å². The smallest absolute Gasteiger partial charge is 0.164 e. The summed E-state index contributed by atoms with van der Waals surface area (Å²) in [6.07, 6.45) is 0. The normalized spacial score (nSPS) is 9.42. The van der Waals surface area contributed by atoms with E-state index in [0.717, 1.165) is 10.3 Å². The molecule has 0 aliphatic heterocycles. The quantitative estimate of drug-likeness (QED) is 0.423. The molecule has 2 aromatic carbocycles. The fraction of sp³-hybridized carbons (Fsp3) is 0. The summed E-state index contributed by atoms with van der Waals surface area (Å²) in [4.78, 5) is 0.892. The van der Waals surface area contributed by atoms with E-state index in [0.29, 0.717) is 0 Å². The standard InChI is InChI=1S/C10H7S.Ag/c11-10-6-5-8-3-1-2-4-9(8)7-10;/h1-6,11H;/q-1;+1. The number of thiol groups is 1. The molecule has 0 heterocycles. The van der Waals surface area contributed by atoms with Crippen molar-refractivity contribution in [2.45, 2.75) is 4.90 Å². The number of fused-ring (bicyclic) bond motifs is 1. The molecule has 0 aromatic heterocycles. The van der Waals surface area contributed by atoms with Crippen LogP contribution in [-0.4, -0.2) is 0 Å². The molecule has 0 bridgehead atoms. The summed E-state index contributed by atoms with van der Waals surface area (Å²) in [5.74, 6) is 0. The molecule has 0 radical (unpaired) electrons. The number of rotatable bonds is 0. The third-order valence-electron chi connectivity index (χ3n) is 1.64. The van der Waals surface area contributed by atoms with E-state index >= 15 is 0 Å². The molecule has 12 heavy (non-hydrogen) atoms. The molecule has 0 atom stereocenters. The Morgan fingerprint density at radius 3 is 2.58 bits per heavy atom. The van der Waals surface area contributed by atoms with Crippen LogP contribution in [0.5, 0.6) is 0 Å². The van der Waals surface area contributed by atoms with Gasteiger partial charge in [0.15, 0.2) is 0 Å². The zero-order chi connectivity index (χ0) is 7.68. The predicted molar refractivity (Wildman–Crippen MR) is 50.0 cm³/mol. The predicted octanol–water partition coefficient (Wildman–Crippen LogP) is 2.93. The molecule has 0 aliphatic rings. The van der Waals surface area contributed by atoms with Crippen molar-refractivity contribution in [3.05, 3.63) is 42.5 Å². The molecular weight excluding hydrogens is 260 g/mol. The van der Waals surface area contributed by atoms with Crippen LogP contribution in [0.4, 0.5) is 0 Å². The second kappa shape index (κ2) is 4.15. The zero-order valence-electron chi connectivity index (χ0n) is 6.21. The van der Waals surface area contributed by atoms with Gasteiger partial charge in [0.05, 0.1) is 0 Å². The van der Waals surface area contributed by atoms with E-state index in [1.807, 2.05) is 30.3 Å². The molecule has 2 heteroatoms. The molecule has 2 rings (SSSR count). The van der Waals surface area contributed by atoms with Crippen LogP contribution in [0, 0.1) is 6.07 Å². The third kappa shape index (κ3) is 1.93. The molecule has 2 aromatic rings. The minimum absolute atomic E-state index is 0. The van der Waals surface area contributed by atoms with Crippen LogP contribution >= 0.6 is 12.6 Å². The molecule has 0 aliphatic carbocycles. The van der Waals surface area contributed by atoms with E-state index in [1.54, 1.807) is 0 Å². The molecule has 0 unspecified atom stereocenters. The van der Waals surface area contributed by atoms with Gasteiger partial charge in [-0.3, -0.25) is 0 Å². The van der Waals surface area contributed by atoms with Crippen molar-refractivity contribution in [1.82, 2.24) is 0 Å². The molecule has 0 amide bonds. The van der Waals surface area contributed by atoms with Gasteiger partial charge in [0, 0.05) is 0 Å². The Balaban J connectivity index is 0.000000720. The third-order valence-corrected chi connectivity index (χ3v) is 1.91. The SMILES string of the molecule is Sc1[c-]c2ccccc2cc1.[Ag+]. The molecule has 0 fully saturated rings. The molecule has 0 nitrogen and oxygen atoms in total. The van der Waals surface area contributed by atoms with Crippen LogP contribution in [-0.2, 0) is 22.4 Å². The van der Waals surface area contributed by atoms with E-state index in [9.17, 15) is 0 Å². The maximum atomic E-state index is 4.20. The minimum Gasteiger partial charge on any atom is -0.164 e. The number of hydrogen-bond donors (Lipinski definition) is 1. The monoisotopic (exact) mass is 266 g/mol. The first-order chi connectivity index (χ1) is 5.36. The maximum absolute atomic E-state index is 4.20. The Morgan fingerprint density at radius 2 is 1.75 bits per heavy atom. The van der Waals surface area contributed by atoms with Gasteiger partial charge < -0.3 is 0 Å². The second-order valence-corrected chi connectivity index (χ2v) is 2.91. The van der Waals surface area contributed by atoms with Crippen LogP contribution in [0.25, 0.3) is 10.8 Å². The van der Waals surface area contributed by atoms with Gasteiger partial charge in [0.1, 0.15) is 0 Å². The molecule has 64 valence electrons. The molecule has 0 N–H and O–H groups in total. The van der Waals surface area contributed by atoms with E-state index in [4.69, 9.17) is 0 Å². The van der Waals surface area contributed by atoms with Gasteiger partial charge >= 0.3 is 22.4 Å². The number of benzene rings is 2. The van der Waals surface area contributed by atoms with Crippen molar-refractivity contribution in [1.29, 1.82) is 0 Å². The van der Waals surface area contributed by atoms with Crippen LogP contribution < -0.4 is 0 Å². The second-order valence-electron chi connectivity index (χ2n) is 2.43. The van der Waals surface area contributed by atoms with Crippen molar-refractivity contribution < 1.29 is 22.4 Å². The molecule has 0 spiro atoms. The van der Waals surface area contributed by atoms with E-state index in [1.165, 1.54) is 5.39 Å². The Kier molecular flexibility index (Phi) is 3.41. The first-order valence-electron chi connectivity index (χ1n) is 3.46. The van der Waals surface area contributed by atoms with Gasteiger partial charge in [-0.05, 0) is 0 Å². The number of hydrogen-bond acceptors (Lipinski definition) is 1. The topological polar surface area (TPSA) is 0 Å². The fourth-order valence-corrected chi connectivity index (χ4v) is 1.30. The first kappa shape index (κ1) is 9.88. The Bertz CT molecular complexity index is 384. The van der Waals surface area contributed by atoms with E-state index < -0.39 is 0 Å². The van der Waals surface area contributed by atoms with Crippen molar-refractivity contribution in [2.24, 2.45) is 0 Å². The molecule has 0 saturated carbocycles. The van der Waals surface area contributed by atoms with Gasteiger partial charge in [-0.25, -0.2) is 0 Å². The van der Waals surface area contributed by atoms with Gasteiger partial charge in [0.25, 0.3) is 0 Å². The molecule has 0 saturated heterocycles. The maximum Gasteiger partial charge on any atom is 1.00 e. The van der Waals surface area contributed by atoms with Gasteiger partial charge in [-0.1, -0.05) is 17.0 Å². The summed E-state index contributed by atoms with van der Waals surface area (Å²) in [7, 11) is 0. The van der Waals surface area contributed by atoms with E-state index in [-0.39, 0.29) is 22.4 Å². The van der Waals surface area contributed by atoms with Gasteiger partial charge in [0.2, 0.25) is 0 Å². The van der Waals surface area contributed by atoms with Crippen molar-refractivity contribution in [2.75, 3.05) is 0 Å². The first-order valence-corrected chi connectivity index (χ1v) is 3.91. The van der Waals surface area contributed by atoms with Crippen LogP contribution in [0.3, 0.4) is 0 Å². The van der Waals surface area contributed by atoms with Crippen LogP contribution in [0.1, 0.15) is 0 Å². The summed E-state index contributed by atoms with van der Waals surface area (Å²) in [6.45, 7) is 0. The largest absolute Gasteiger partial charge is 1.00 e. The van der Waals surface area contributed by atoms with Crippen molar-refractivity contribution in [3.63, 3.8) is 0 Å². The Morgan fingerprint density at radius 1 is 1.00 bits per heavy atom. The summed E-state index contributed by atoms with van der Waals surface area (Å²) >= 11 is 4.20. The fourth-order valence-electron chi connectivity index (χ4n) is 1.10. The van der Waals surface area contributed by atoms with E-state index in [2.05, 4.69) is 24.8 Å². The Hall–Kier alpha value is -0.210.